The smallest absolute Gasteiger partial charge is 0.231 e. The van der Waals surface area contributed by atoms with Gasteiger partial charge in [0.05, 0.1) is 22.1 Å². The van der Waals surface area contributed by atoms with Crippen LogP contribution < -0.4 is 20.8 Å². The highest BCUT2D eigenvalue weighted by atomic mass is 31.2. The molecule has 2 aromatic carbocycles. The Labute approximate surface area is 259 Å². The van der Waals surface area contributed by atoms with Crippen molar-refractivity contribution >= 4 is 53.5 Å². The second kappa shape index (κ2) is 13.7. The van der Waals surface area contributed by atoms with E-state index in [1.165, 1.54) is 6.07 Å². The van der Waals surface area contributed by atoms with E-state index in [0.29, 0.717) is 40.9 Å². The minimum Gasteiger partial charge on any atom is -0.369 e. The topological polar surface area (TPSA) is 93.8 Å². The van der Waals surface area contributed by atoms with E-state index >= 15 is 4.39 Å². The van der Waals surface area contributed by atoms with Crippen molar-refractivity contribution in [1.82, 2.24) is 24.8 Å². The fourth-order valence-electron chi connectivity index (χ4n) is 6.29. The SMILES string of the molecule is COP(OC)c1ccccc1Nc1nc(Nc2ccc(N3CCC(N4CCN(C(C)C)CC4)CC3)c(F)c2)nc2[nH]ccc12. The Hall–Kier alpha value is -3.34. The Balaban J connectivity index is 1.13. The molecular weight excluding hydrogens is 578 g/mol. The standard InChI is InChI=1S/C32H42FN8O2P/c1-22(2)39-17-19-40(20-18-39)24-12-15-41(16-13-24)28-10-9-23(21-26(28)33)35-32-37-30-25(11-14-34-30)31(38-32)36-27-7-5-6-8-29(27)44(42-3)43-4/h5-11,14,21-22,24H,12-13,15-20H2,1-4H3,(H3,34,35,36,37,38). The number of aromatic nitrogens is 3. The summed E-state index contributed by atoms with van der Waals surface area (Å²) in [5.41, 5.74) is 2.72. The fourth-order valence-corrected chi connectivity index (χ4v) is 7.37. The van der Waals surface area contributed by atoms with Crippen LogP contribution in [-0.4, -0.2) is 90.3 Å². The first kappa shape index (κ1) is 30.7. The molecule has 12 heteroatoms. The molecule has 0 aliphatic carbocycles. The number of nitrogens with zero attached hydrogens (tertiary/aromatic N) is 5. The molecule has 2 fully saturated rings. The molecule has 2 saturated heterocycles. The predicted octanol–water partition coefficient (Wildman–Crippen LogP) is 5.81. The summed E-state index contributed by atoms with van der Waals surface area (Å²) in [6, 6.07) is 16.2. The van der Waals surface area contributed by atoms with E-state index in [9.17, 15) is 0 Å². The molecule has 2 aliphatic rings. The highest BCUT2D eigenvalue weighted by molar-refractivity contribution is 7.56. The summed E-state index contributed by atoms with van der Waals surface area (Å²) in [4.78, 5) is 19.9. The molecule has 0 radical (unpaired) electrons. The largest absolute Gasteiger partial charge is 0.369 e. The van der Waals surface area contributed by atoms with E-state index in [1.54, 1.807) is 14.2 Å². The zero-order chi connectivity index (χ0) is 30.6. The number of aromatic amines is 1. The average Bonchev–Trinajstić information content (AvgIpc) is 3.52. The summed E-state index contributed by atoms with van der Waals surface area (Å²) >= 11 is 0. The molecule has 2 aliphatic heterocycles. The molecule has 3 N–H and O–H groups in total. The molecule has 6 rings (SSSR count). The van der Waals surface area contributed by atoms with E-state index in [4.69, 9.17) is 14.0 Å². The van der Waals surface area contributed by atoms with Crippen molar-refractivity contribution in [3.63, 3.8) is 0 Å². The van der Waals surface area contributed by atoms with Crippen LogP contribution in [0.5, 0.6) is 0 Å². The number of anilines is 5. The number of para-hydroxylation sites is 1. The van der Waals surface area contributed by atoms with Crippen LogP contribution in [0.15, 0.2) is 54.7 Å². The van der Waals surface area contributed by atoms with Crippen molar-refractivity contribution in [2.75, 3.05) is 69.0 Å². The van der Waals surface area contributed by atoms with E-state index in [1.807, 2.05) is 48.7 Å². The van der Waals surface area contributed by atoms with E-state index in [0.717, 1.165) is 68.5 Å². The van der Waals surface area contributed by atoms with Crippen LogP contribution in [0, 0.1) is 5.82 Å². The van der Waals surface area contributed by atoms with Gasteiger partial charge in [-0.3, -0.25) is 9.80 Å². The normalized spacial score (nSPS) is 17.2. The number of rotatable bonds is 10. The molecule has 0 atom stereocenters. The summed E-state index contributed by atoms with van der Waals surface area (Å²) in [5.74, 6) is 0.713. The molecule has 234 valence electrons. The van der Waals surface area contributed by atoms with Crippen LogP contribution in [0.4, 0.5) is 33.2 Å². The Morgan fingerprint density at radius 2 is 1.68 bits per heavy atom. The second-order valence-corrected chi connectivity index (χ2v) is 13.3. The number of piperazine rings is 1. The van der Waals surface area contributed by atoms with Gasteiger partial charge >= 0.3 is 0 Å². The fraction of sp³-hybridized carbons (Fsp3) is 0.438. The lowest BCUT2D eigenvalue weighted by atomic mass is 10.0. The molecule has 0 unspecified atom stereocenters. The zero-order valence-electron chi connectivity index (χ0n) is 25.9. The third-order valence-corrected chi connectivity index (χ3v) is 10.2. The molecule has 2 aromatic heterocycles. The predicted molar refractivity (Wildman–Crippen MR) is 177 cm³/mol. The Kier molecular flexibility index (Phi) is 9.59. The van der Waals surface area contributed by atoms with Gasteiger partial charge in [0.1, 0.15) is 17.3 Å². The van der Waals surface area contributed by atoms with Gasteiger partial charge in [-0.25, -0.2) is 4.39 Å². The summed E-state index contributed by atoms with van der Waals surface area (Å²) in [5, 5.41) is 8.37. The van der Waals surface area contributed by atoms with Gasteiger partial charge in [0.25, 0.3) is 0 Å². The Bertz CT molecular complexity index is 1550. The summed E-state index contributed by atoms with van der Waals surface area (Å²) in [7, 11) is 2.01. The van der Waals surface area contributed by atoms with Crippen molar-refractivity contribution in [1.29, 1.82) is 0 Å². The van der Waals surface area contributed by atoms with Crippen LogP contribution in [0.3, 0.4) is 0 Å². The first-order valence-electron chi connectivity index (χ1n) is 15.3. The highest BCUT2D eigenvalue weighted by Gasteiger charge is 2.29. The lowest BCUT2D eigenvalue weighted by Gasteiger charge is -2.44. The second-order valence-electron chi connectivity index (χ2n) is 11.6. The first-order chi connectivity index (χ1) is 21.4. The van der Waals surface area contributed by atoms with Gasteiger partial charge in [0, 0.05) is 77.5 Å². The molecule has 0 spiro atoms. The summed E-state index contributed by atoms with van der Waals surface area (Å²) < 4.78 is 26.6. The van der Waals surface area contributed by atoms with Crippen LogP contribution in [0.1, 0.15) is 26.7 Å². The van der Waals surface area contributed by atoms with E-state index in [2.05, 4.69) is 49.1 Å². The summed E-state index contributed by atoms with van der Waals surface area (Å²) in [6.45, 7) is 10.8. The third kappa shape index (κ3) is 6.67. The van der Waals surface area contributed by atoms with Gasteiger partial charge in [0.15, 0.2) is 0 Å². The van der Waals surface area contributed by atoms with Crippen molar-refractivity contribution in [2.24, 2.45) is 0 Å². The molecule has 4 aromatic rings. The minimum atomic E-state index is -1.25. The molecule has 44 heavy (non-hydrogen) atoms. The Morgan fingerprint density at radius 1 is 0.932 bits per heavy atom. The van der Waals surface area contributed by atoms with Crippen LogP contribution >= 0.6 is 8.38 Å². The minimum absolute atomic E-state index is 0.250. The lowest BCUT2D eigenvalue weighted by molar-refractivity contribution is 0.0692. The van der Waals surface area contributed by atoms with Crippen molar-refractivity contribution in [3.8, 4) is 0 Å². The molecule has 0 saturated carbocycles. The number of nitrogens with one attached hydrogen (secondary N) is 3. The van der Waals surface area contributed by atoms with Crippen LogP contribution in [0.25, 0.3) is 11.0 Å². The lowest BCUT2D eigenvalue weighted by Crippen LogP contribution is -2.54. The number of halogens is 1. The van der Waals surface area contributed by atoms with Crippen LogP contribution in [-0.2, 0) is 9.05 Å². The highest BCUT2D eigenvalue weighted by Crippen LogP contribution is 2.38. The van der Waals surface area contributed by atoms with E-state index < -0.39 is 8.38 Å². The molecule has 0 amide bonds. The number of hydrogen-bond acceptors (Lipinski definition) is 9. The maximum Gasteiger partial charge on any atom is 0.231 e. The molecule has 10 nitrogen and oxygen atoms in total. The molecule has 0 bridgehead atoms. The number of hydrogen-bond donors (Lipinski definition) is 3. The monoisotopic (exact) mass is 620 g/mol. The number of H-pyrrole nitrogens is 1. The maximum absolute atomic E-state index is 15.5. The van der Waals surface area contributed by atoms with Gasteiger partial charge in [-0.2, -0.15) is 9.97 Å². The first-order valence-corrected chi connectivity index (χ1v) is 16.5. The van der Waals surface area contributed by atoms with E-state index in [-0.39, 0.29) is 5.82 Å². The zero-order valence-corrected chi connectivity index (χ0v) is 26.8. The van der Waals surface area contributed by atoms with Gasteiger partial charge in [-0.05, 0) is 63.1 Å². The van der Waals surface area contributed by atoms with Gasteiger partial charge < -0.3 is 29.6 Å². The Morgan fingerprint density at radius 3 is 2.39 bits per heavy atom. The van der Waals surface area contributed by atoms with Crippen LogP contribution in [0.2, 0.25) is 0 Å². The van der Waals surface area contributed by atoms with Crippen molar-refractivity contribution < 1.29 is 13.4 Å². The quantitative estimate of drug-likeness (QED) is 0.190. The van der Waals surface area contributed by atoms with Gasteiger partial charge in [0.2, 0.25) is 14.3 Å². The maximum atomic E-state index is 15.5. The average molecular weight is 621 g/mol. The van der Waals surface area contributed by atoms with Gasteiger partial charge in [-0.1, -0.05) is 12.1 Å². The van der Waals surface area contributed by atoms with Crippen molar-refractivity contribution in [2.45, 2.75) is 38.8 Å². The summed E-state index contributed by atoms with van der Waals surface area (Å²) in [6.07, 6.45) is 3.93. The molecular formula is C32H42FN8O2P. The number of benzene rings is 2. The number of piperidine rings is 1. The molecule has 4 heterocycles. The number of fused-ring (bicyclic) bond motifs is 1. The van der Waals surface area contributed by atoms with Crippen molar-refractivity contribution in [3.05, 3.63) is 60.5 Å². The third-order valence-electron chi connectivity index (χ3n) is 8.71. The van der Waals surface area contributed by atoms with Gasteiger partial charge in [-0.15, -0.1) is 0 Å².